The van der Waals surface area contributed by atoms with Gasteiger partial charge in [0.05, 0.1) is 12.6 Å². The molecule has 0 saturated heterocycles. The number of hydrogen-bond acceptors (Lipinski definition) is 4. The number of rotatable bonds is 3. The van der Waals surface area contributed by atoms with E-state index in [4.69, 9.17) is 4.74 Å². The second-order valence-corrected chi connectivity index (χ2v) is 5.15. The molecule has 116 valence electrons. The summed E-state index contributed by atoms with van der Waals surface area (Å²) in [6.45, 7) is 1.93. The van der Waals surface area contributed by atoms with Crippen LogP contribution in [0.15, 0.2) is 42.5 Å². The lowest BCUT2D eigenvalue weighted by Gasteiger charge is -2.06. The van der Waals surface area contributed by atoms with Crippen molar-refractivity contribution in [3.8, 4) is 0 Å². The topological polar surface area (TPSA) is 84.1 Å². The summed E-state index contributed by atoms with van der Waals surface area (Å²) in [4.78, 5) is 24.0. The van der Waals surface area contributed by atoms with Crippen molar-refractivity contribution in [1.82, 2.24) is 10.2 Å². The number of anilines is 1. The average molecular weight is 309 g/mol. The number of nitrogens with one attached hydrogen (secondary N) is 2. The Morgan fingerprint density at radius 2 is 2.00 bits per heavy atom. The van der Waals surface area contributed by atoms with Crippen molar-refractivity contribution in [2.75, 3.05) is 12.4 Å². The number of hydrogen-bond donors (Lipinski definition) is 2. The number of aromatic amines is 1. The molecule has 0 radical (unpaired) electrons. The van der Waals surface area contributed by atoms with Crippen molar-refractivity contribution in [2.24, 2.45) is 0 Å². The molecule has 0 atom stereocenters. The van der Waals surface area contributed by atoms with Gasteiger partial charge in [-0.25, -0.2) is 4.79 Å². The number of carbonyl (C=O) groups excluding carboxylic acids is 2. The molecule has 1 heterocycles. The fourth-order valence-electron chi connectivity index (χ4n) is 2.33. The highest BCUT2D eigenvalue weighted by molar-refractivity contribution is 6.07. The number of methoxy groups -OCH3 is 1. The van der Waals surface area contributed by atoms with Crippen molar-refractivity contribution in [3.05, 3.63) is 59.3 Å². The van der Waals surface area contributed by atoms with Gasteiger partial charge in [-0.2, -0.15) is 5.10 Å². The molecule has 0 aliphatic carbocycles. The maximum absolute atomic E-state index is 12.3. The SMILES string of the molecule is COC(=O)c1n[nH]c2ccc(NC(=O)c3cccc(C)c3)cc12. The lowest BCUT2D eigenvalue weighted by atomic mass is 10.1. The van der Waals surface area contributed by atoms with Crippen LogP contribution in [0.1, 0.15) is 26.4 Å². The fraction of sp³-hybridized carbons (Fsp3) is 0.118. The summed E-state index contributed by atoms with van der Waals surface area (Å²) in [5.41, 5.74) is 3.05. The molecule has 23 heavy (non-hydrogen) atoms. The zero-order chi connectivity index (χ0) is 16.4. The van der Waals surface area contributed by atoms with Crippen molar-refractivity contribution in [2.45, 2.75) is 6.92 Å². The molecule has 2 aromatic carbocycles. The molecule has 6 heteroatoms. The lowest BCUT2D eigenvalue weighted by Crippen LogP contribution is -2.12. The Morgan fingerprint density at radius 1 is 1.17 bits per heavy atom. The van der Waals surface area contributed by atoms with E-state index in [0.29, 0.717) is 22.2 Å². The monoisotopic (exact) mass is 309 g/mol. The van der Waals surface area contributed by atoms with E-state index in [1.807, 2.05) is 25.1 Å². The van der Waals surface area contributed by atoms with Gasteiger partial charge in [-0.05, 0) is 37.3 Å². The molecule has 0 fully saturated rings. The van der Waals surface area contributed by atoms with Crippen molar-refractivity contribution >= 4 is 28.5 Å². The minimum atomic E-state index is -0.529. The van der Waals surface area contributed by atoms with Crippen LogP contribution >= 0.6 is 0 Å². The minimum Gasteiger partial charge on any atom is -0.464 e. The molecule has 6 nitrogen and oxygen atoms in total. The van der Waals surface area contributed by atoms with E-state index in [9.17, 15) is 9.59 Å². The summed E-state index contributed by atoms with van der Waals surface area (Å²) in [5, 5.41) is 10.1. The van der Waals surface area contributed by atoms with Crippen molar-refractivity contribution < 1.29 is 14.3 Å². The largest absolute Gasteiger partial charge is 0.464 e. The first-order valence-electron chi connectivity index (χ1n) is 7.03. The van der Waals surface area contributed by atoms with Crippen LogP contribution in [0.2, 0.25) is 0 Å². The van der Waals surface area contributed by atoms with Crippen LogP contribution in [0.5, 0.6) is 0 Å². The molecule has 0 unspecified atom stereocenters. The van der Waals surface area contributed by atoms with E-state index in [1.165, 1.54) is 7.11 Å². The quantitative estimate of drug-likeness (QED) is 0.729. The molecule has 0 spiro atoms. The summed E-state index contributed by atoms with van der Waals surface area (Å²) in [6.07, 6.45) is 0. The van der Waals surface area contributed by atoms with Crippen LogP contribution in [-0.4, -0.2) is 29.2 Å². The van der Waals surface area contributed by atoms with Crippen molar-refractivity contribution in [1.29, 1.82) is 0 Å². The Labute approximate surface area is 132 Å². The fourth-order valence-corrected chi connectivity index (χ4v) is 2.33. The second kappa shape index (κ2) is 5.92. The summed E-state index contributed by atoms with van der Waals surface area (Å²) in [5.74, 6) is -0.741. The first-order chi connectivity index (χ1) is 11.1. The van der Waals surface area contributed by atoms with Gasteiger partial charge in [0, 0.05) is 16.6 Å². The maximum Gasteiger partial charge on any atom is 0.359 e. The van der Waals surface area contributed by atoms with Gasteiger partial charge in [-0.1, -0.05) is 17.7 Å². The molecular weight excluding hydrogens is 294 g/mol. The molecule has 3 aromatic rings. The Bertz CT molecular complexity index is 899. The molecule has 0 aliphatic heterocycles. The third-order valence-corrected chi connectivity index (χ3v) is 3.48. The van der Waals surface area contributed by atoms with E-state index in [0.717, 1.165) is 5.56 Å². The number of benzene rings is 2. The van der Waals surface area contributed by atoms with Gasteiger partial charge in [-0.3, -0.25) is 9.89 Å². The summed E-state index contributed by atoms with van der Waals surface area (Å²) >= 11 is 0. The van der Waals surface area contributed by atoms with Crippen LogP contribution in [-0.2, 0) is 4.74 Å². The van der Waals surface area contributed by atoms with Gasteiger partial charge in [0.1, 0.15) is 0 Å². The number of nitrogens with zero attached hydrogens (tertiary/aromatic N) is 1. The second-order valence-electron chi connectivity index (χ2n) is 5.15. The first kappa shape index (κ1) is 14.8. The van der Waals surface area contributed by atoms with Crippen molar-refractivity contribution in [3.63, 3.8) is 0 Å². The summed E-state index contributed by atoms with van der Waals surface area (Å²) < 4.78 is 4.70. The number of amides is 1. The normalized spacial score (nSPS) is 10.5. The van der Waals surface area contributed by atoms with Gasteiger partial charge in [0.2, 0.25) is 0 Å². The van der Waals surface area contributed by atoms with Gasteiger partial charge >= 0.3 is 5.97 Å². The predicted octanol–water partition coefficient (Wildman–Crippen LogP) is 2.91. The predicted molar refractivity (Wildman–Crippen MR) is 86.6 cm³/mol. The molecule has 0 saturated carbocycles. The molecular formula is C17H15N3O3. The van der Waals surface area contributed by atoms with E-state index in [-0.39, 0.29) is 11.6 Å². The zero-order valence-corrected chi connectivity index (χ0v) is 12.7. The van der Waals surface area contributed by atoms with Gasteiger partial charge in [-0.15, -0.1) is 0 Å². The van der Waals surface area contributed by atoms with E-state index in [2.05, 4.69) is 15.5 Å². The van der Waals surface area contributed by atoms with Crippen LogP contribution in [0, 0.1) is 6.92 Å². The van der Waals surface area contributed by atoms with Crippen LogP contribution in [0.25, 0.3) is 10.9 Å². The lowest BCUT2D eigenvalue weighted by molar-refractivity contribution is 0.0596. The third kappa shape index (κ3) is 2.91. The van der Waals surface area contributed by atoms with E-state index in [1.54, 1.807) is 24.3 Å². The number of aryl methyl sites for hydroxylation is 1. The van der Waals surface area contributed by atoms with E-state index < -0.39 is 5.97 Å². The number of aromatic nitrogens is 2. The average Bonchev–Trinajstić information content (AvgIpc) is 2.97. The van der Waals surface area contributed by atoms with Gasteiger partial charge in [0.25, 0.3) is 5.91 Å². The molecule has 1 amide bonds. The highest BCUT2D eigenvalue weighted by Crippen LogP contribution is 2.21. The third-order valence-electron chi connectivity index (χ3n) is 3.48. The maximum atomic E-state index is 12.3. The molecule has 3 rings (SSSR count). The Hall–Kier alpha value is -3.15. The first-order valence-corrected chi connectivity index (χ1v) is 7.03. The minimum absolute atomic E-state index is 0.189. The number of H-pyrrole nitrogens is 1. The highest BCUT2D eigenvalue weighted by atomic mass is 16.5. The van der Waals surface area contributed by atoms with Gasteiger partial charge < -0.3 is 10.1 Å². The summed E-state index contributed by atoms with van der Waals surface area (Å²) in [6, 6.07) is 12.5. The summed E-state index contributed by atoms with van der Waals surface area (Å²) in [7, 11) is 1.30. The van der Waals surface area contributed by atoms with Crippen LogP contribution in [0.4, 0.5) is 5.69 Å². The smallest absolute Gasteiger partial charge is 0.359 e. The molecule has 2 N–H and O–H groups in total. The molecule has 0 bridgehead atoms. The number of ether oxygens (including phenoxy) is 1. The van der Waals surface area contributed by atoms with E-state index >= 15 is 0 Å². The standard InChI is InChI=1S/C17H15N3O3/c1-10-4-3-5-11(8-10)16(21)18-12-6-7-14-13(9-12)15(20-19-14)17(22)23-2/h3-9H,1-2H3,(H,18,21)(H,19,20). The number of carbonyl (C=O) groups is 2. The number of esters is 1. The molecule has 1 aromatic heterocycles. The zero-order valence-electron chi connectivity index (χ0n) is 12.7. The Kier molecular flexibility index (Phi) is 3.80. The highest BCUT2D eigenvalue weighted by Gasteiger charge is 2.15. The van der Waals surface area contributed by atoms with Gasteiger partial charge in [0.15, 0.2) is 5.69 Å². The number of fused-ring (bicyclic) bond motifs is 1. The van der Waals surface area contributed by atoms with Crippen LogP contribution < -0.4 is 5.32 Å². The Morgan fingerprint density at radius 3 is 2.74 bits per heavy atom. The molecule has 0 aliphatic rings. The Balaban J connectivity index is 1.91. The van der Waals surface area contributed by atoms with Crippen LogP contribution in [0.3, 0.4) is 0 Å².